The van der Waals surface area contributed by atoms with Crippen LogP contribution in [-0.2, 0) is 0 Å². The van der Waals surface area contributed by atoms with E-state index in [1.54, 1.807) is 0 Å². The standard InChI is InChI=1S/C13H12N2O/c1-7-4-10-6-14-15-11-5-8(2)16-13(9(7)3)12(10)11/h4-6,15H,2H2,1,3H3. The van der Waals surface area contributed by atoms with Gasteiger partial charge in [0.2, 0.25) is 0 Å². The topological polar surface area (TPSA) is 41.8 Å². The lowest BCUT2D eigenvalue weighted by Crippen LogP contribution is -2.04. The minimum absolute atomic E-state index is 0.645. The summed E-state index contributed by atoms with van der Waals surface area (Å²) in [6, 6.07) is 4.00. The highest BCUT2D eigenvalue weighted by atomic mass is 16.3. The summed E-state index contributed by atoms with van der Waals surface area (Å²) in [5, 5.41) is 8.19. The zero-order valence-corrected chi connectivity index (χ0v) is 9.29. The van der Waals surface area contributed by atoms with Gasteiger partial charge in [-0.25, -0.2) is 0 Å². The zero-order valence-electron chi connectivity index (χ0n) is 9.29. The van der Waals surface area contributed by atoms with E-state index in [1.165, 1.54) is 5.56 Å². The van der Waals surface area contributed by atoms with Crippen molar-refractivity contribution in [2.24, 2.45) is 0 Å². The van der Waals surface area contributed by atoms with Gasteiger partial charge in [-0.3, -0.25) is 5.10 Å². The van der Waals surface area contributed by atoms with E-state index < -0.39 is 0 Å². The highest BCUT2D eigenvalue weighted by Crippen LogP contribution is 2.32. The van der Waals surface area contributed by atoms with Crippen LogP contribution in [0.15, 0.2) is 22.7 Å². The van der Waals surface area contributed by atoms with Crippen LogP contribution in [0, 0.1) is 13.8 Å². The SMILES string of the molecule is C=c1cc2[nH]ncc3cc(C)c(C)c(o1)c3-2. The molecule has 2 aliphatic rings. The molecule has 0 unspecified atom stereocenters. The molecule has 3 rings (SSSR count). The maximum Gasteiger partial charge on any atom is 0.140 e. The first-order chi connectivity index (χ1) is 7.66. The van der Waals surface area contributed by atoms with Gasteiger partial charge in [0.05, 0.1) is 17.5 Å². The summed E-state index contributed by atoms with van der Waals surface area (Å²) in [7, 11) is 0. The Morgan fingerprint density at radius 3 is 2.94 bits per heavy atom. The zero-order chi connectivity index (χ0) is 11.3. The molecule has 0 bridgehead atoms. The average molecular weight is 212 g/mol. The molecule has 1 aromatic carbocycles. The molecule has 0 radical (unpaired) electrons. The van der Waals surface area contributed by atoms with Gasteiger partial charge in [-0.05, 0) is 31.0 Å². The van der Waals surface area contributed by atoms with Gasteiger partial charge in [-0.1, -0.05) is 6.58 Å². The van der Waals surface area contributed by atoms with Crippen molar-refractivity contribution in [3.05, 3.63) is 34.9 Å². The molecule has 3 nitrogen and oxygen atoms in total. The second-order valence-electron chi connectivity index (χ2n) is 4.11. The number of nitrogens with zero attached hydrogens (tertiary/aromatic N) is 1. The quantitative estimate of drug-likeness (QED) is 0.622. The highest BCUT2D eigenvalue weighted by Gasteiger charge is 2.14. The fourth-order valence-corrected chi connectivity index (χ4v) is 2.07. The summed E-state index contributed by atoms with van der Waals surface area (Å²) in [5.74, 6) is 0. The summed E-state index contributed by atoms with van der Waals surface area (Å²) >= 11 is 0. The molecule has 2 aliphatic heterocycles. The number of hydrogen-bond acceptors (Lipinski definition) is 2. The fraction of sp³-hybridized carbons (Fsp3) is 0.154. The van der Waals surface area contributed by atoms with Gasteiger partial charge in [0, 0.05) is 11.5 Å². The van der Waals surface area contributed by atoms with Crippen LogP contribution in [-0.4, -0.2) is 10.2 Å². The molecule has 80 valence electrons. The van der Waals surface area contributed by atoms with Crippen LogP contribution in [0.3, 0.4) is 0 Å². The first kappa shape index (κ1) is 9.21. The Morgan fingerprint density at radius 1 is 1.31 bits per heavy atom. The van der Waals surface area contributed by atoms with Crippen molar-refractivity contribution < 1.29 is 4.42 Å². The Labute approximate surface area is 92.8 Å². The molecule has 1 aromatic rings. The Balaban J connectivity index is 2.67. The first-order valence-electron chi connectivity index (χ1n) is 5.19. The molecule has 3 heteroatoms. The number of aromatic amines is 1. The Morgan fingerprint density at radius 2 is 2.12 bits per heavy atom. The van der Waals surface area contributed by atoms with Crippen molar-refractivity contribution >= 4 is 17.5 Å². The predicted molar refractivity (Wildman–Crippen MR) is 64.0 cm³/mol. The maximum atomic E-state index is 5.72. The number of aromatic nitrogens is 2. The monoisotopic (exact) mass is 212 g/mol. The van der Waals surface area contributed by atoms with Crippen molar-refractivity contribution in [3.63, 3.8) is 0 Å². The molecule has 0 spiro atoms. The lowest BCUT2D eigenvalue weighted by molar-refractivity contribution is 0.561. The van der Waals surface area contributed by atoms with E-state index in [2.05, 4.69) is 36.7 Å². The molecular weight excluding hydrogens is 200 g/mol. The van der Waals surface area contributed by atoms with Gasteiger partial charge >= 0.3 is 0 Å². The van der Waals surface area contributed by atoms with Crippen LogP contribution in [0.4, 0.5) is 0 Å². The highest BCUT2D eigenvalue weighted by molar-refractivity contribution is 5.94. The Hall–Kier alpha value is -2.03. The van der Waals surface area contributed by atoms with Crippen molar-refractivity contribution in [1.82, 2.24) is 10.2 Å². The second kappa shape index (κ2) is 2.98. The van der Waals surface area contributed by atoms with Crippen LogP contribution in [0.1, 0.15) is 11.1 Å². The first-order valence-corrected chi connectivity index (χ1v) is 5.19. The summed E-state index contributed by atoms with van der Waals surface area (Å²) in [4.78, 5) is 0. The predicted octanol–water partition coefficient (Wildman–Crippen LogP) is 2.57. The largest absolute Gasteiger partial charge is 0.457 e. The van der Waals surface area contributed by atoms with Gasteiger partial charge in [0.1, 0.15) is 11.0 Å². The smallest absolute Gasteiger partial charge is 0.140 e. The Bertz CT molecular complexity index is 706. The van der Waals surface area contributed by atoms with Crippen LogP contribution in [0.5, 0.6) is 0 Å². The second-order valence-corrected chi connectivity index (χ2v) is 4.11. The van der Waals surface area contributed by atoms with Crippen molar-refractivity contribution in [2.75, 3.05) is 0 Å². The molecule has 0 atom stereocenters. The third-order valence-corrected chi connectivity index (χ3v) is 3.02. The van der Waals surface area contributed by atoms with Crippen LogP contribution in [0.25, 0.3) is 28.8 Å². The number of nitrogens with one attached hydrogen (secondary N) is 1. The summed E-state index contributed by atoms with van der Waals surface area (Å²) in [5.41, 5.74) is 5.96. The van der Waals surface area contributed by atoms with E-state index in [-0.39, 0.29) is 0 Å². The van der Waals surface area contributed by atoms with E-state index in [4.69, 9.17) is 4.42 Å². The summed E-state index contributed by atoms with van der Waals surface area (Å²) in [6.07, 6.45) is 1.82. The molecule has 0 saturated heterocycles. The lowest BCUT2D eigenvalue weighted by Gasteiger charge is -2.13. The third-order valence-electron chi connectivity index (χ3n) is 3.02. The third kappa shape index (κ3) is 1.11. The number of aryl methyl sites for hydroxylation is 2. The maximum absolute atomic E-state index is 5.72. The molecule has 0 aliphatic carbocycles. The molecule has 16 heavy (non-hydrogen) atoms. The van der Waals surface area contributed by atoms with Gasteiger partial charge in [-0.15, -0.1) is 0 Å². The normalized spacial score (nSPS) is 11.4. The average Bonchev–Trinajstić information content (AvgIpc) is 2.25. The summed E-state index contributed by atoms with van der Waals surface area (Å²) < 4.78 is 5.72. The van der Waals surface area contributed by atoms with E-state index in [0.29, 0.717) is 5.42 Å². The molecule has 1 N–H and O–H groups in total. The van der Waals surface area contributed by atoms with Crippen molar-refractivity contribution in [1.29, 1.82) is 0 Å². The van der Waals surface area contributed by atoms with Crippen molar-refractivity contribution in [3.8, 4) is 11.3 Å². The van der Waals surface area contributed by atoms with Crippen molar-refractivity contribution in [2.45, 2.75) is 13.8 Å². The minimum Gasteiger partial charge on any atom is -0.457 e. The molecule has 0 fully saturated rings. The molecule has 2 heterocycles. The van der Waals surface area contributed by atoms with Gasteiger partial charge < -0.3 is 4.42 Å². The molecular formula is C13H12N2O. The molecule has 0 aromatic heterocycles. The molecule has 0 amide bonds. The van der Waals surface area contributed by atoms with Crippen LogP contribution >= 0.6 is 0 Å². The van der Waals surface area contributed by atoms with E-state index in [0.717, 1.165) is 27.8 Å². The minimum atomic E-state index is 0.645. The van der Waals surface area contributed by atoms with E-state index >= 15 is 0 Å². The lowest BCUT2D eigenvalue weighted by atomic mass is 9.98. The molecule has 0 saturated carbocycles. The number of hydrogen-bond donors (Lipinski definition) is 1. The fourth-order valence-electron chi connectivity index (χ4n) is 2.07. The van der Waals surface area contributed by atoms with Gasteiger partial charge in [0.15, 0.2) is 0 Å². The summed E-state index contributed by atoms with van der Waals surface area (Å²) in [6.45, 7) is 7.98. The van der Waals surface area contributed by atoms with Crippen LogP contribution < -0.4 is 5.42 Å². The Kier molecular flexibility index (Phi) is 1.72. The van der Waals surface area contributed by atoms with Crippen LogP contribution in [0.2, 0.25) is 0 Å². The number of benzene rings is 1. The number of rotatable bonds is 0. The van der Waals surface area contributed by atoms with Gasteiger partial charge in [-0.2, -0.15) is 5.10 Å². The number of H-pyrrole nitrogens is 1. The van der Waals surface area contributed by atoms with Gasteiger partial charge in [0.25, 0.3) is 0 Å². The van der Waals surface area contributed by atoms with E-state index in [1.807, 2.05) is 12.3 Å². The van der Waals surface area contributed by atoms with E-state index in [9.17, 15) is 0 Å².